The van der Waals surface area contributed by atoms with E-state index in [0.29, 0.717) is 36.0 Å². The van der Waals surface area contributed by atoms with Crippen molar-refractivity contribution in [2.75, 3.05) is 34.4 Å². The Bertz CT molecular complexity index is 688. The quantitative estimate of drug-likeness (QED) is 0.781. The highest BCUT2D eigenvalue weighted by molar-refractivity contribution is 5.97. The van der Waals surface area contributed by atoms with Crippen molar-refractivity contribution in [2.45, 2.75) is 0 Å². The molecule has 0 saturated carbocycles. The van der Waals surface area contributed by atoms with Crippen LogP contribution in [0.2, 0.25) is 0 Å². The summed E-state index contributed by atoms with van der Waals surface area (Å²) in [4.78, 5) is 14.0. The van der Waals surface area contributed by atoms with Gasteiger partial charge in [-0.25, -0.2) is 4.39 Å². The Hall–Kier alpha value is -2.76. The minimum atomic E-state index is -0.318. The first kappa shape index (κ1) is 17.6. The minimum absolute atomic E-state index is 0.183. The van der Waals surface area contributed by atoms with E-state index in [9.17, 15) is 9.18 Å². The first-order valence-electron chi connectivity index (χ1n) is 7.41. The van der Waals surface area contributed by atoms with E-state index in [4.69, 9.17) is 14.2 Å². The van der Waals surface area contributed by atoms with Crippen LogP contribution in [0.4, 0.5) is 4.39 Å². The van der Waals surface area contributed by atoms with Crippen molar-refractivity contribution >= 4 is 5.91 Å². The van der Waals surface area contributed by atoms with E-state index in [1.54, 1.807) is 44.5 Å². The molecule has 24 heavy (non-hydrogen) atoms. The van der Waals surface area contributed by atoms with Gasteiger partial charge in [-0.1, -0.05) is 0 Å². The van der Waals surface area contributed by atoms with Crippen LogP contribution >= 0.6 is 0 Å². The SMILES string of the molecule is COc1ccc(C(=O)N(C)CCOc2ccc(F)cc2)c(OC)c1. The normalized spacial score (nSPS) is 10.2. The second-order valence-electron chi connectivity index (χ2n) is 5.10. The molecule has 0 saturated heterocycles. The molecule has 128 valence electrons. The highest BCUT2D eigenvalue weighted by Crippen LogP contribution is 2.25. The van der Waals surface area contributed by atoms with E-state index in [1.165, 1.54) is 24.1 Å². The van der Waals surface area contributed by atoms with Gasteiger partial charge in [0.15, 0.2) is 0 Å². The van der Waals surface area contributed by atoms with E-state index >= 15 is 0 Å². The Morgan fingerprint density at radius 2 is 1.71 bits per heavy atom. The summed E-state index contributed by atoms with van der Waals surface area (Å²) in [5.41, 5.74) is 0.447. The van der Waals surface area contributed by atoms with Gasteiger partial charge in [-0.15, -0.1) is 0 Å². The lowest BCUT2D eigenvalue weighted by Gasteiger charge is -2.19. The maximum atomic E-state index is 12.8. The van der Waals surface area contributed by atoms with Crippen molar-refractivity contribution in [1.29, 1.82) is 0 Å². The van der Waals surface area contributed by atoms with Gasteiger partial charge in [0.1, 0.15) is 29.7 Å². The molecule has 0 aliphatic carbocycles. The van der Waals surface area contributed by atoms with Crippen molar-refractivity contribution in [3.63, 3.8) is 0 Å². The zero-order valence-electron chi connectivity index (χ0n) is 13.9. The fourth-order valence-corrected chi connectivity index (χ4v) is 2.11. The summed E-state index contributed by atoms with van der Waals surface area (Å²) in [5.74, 6) is 1.12. The predicted molar refractivity (Wildman–Crippen MR) is 88.4 cm³/mol. The van der Waals surface area contributed by atoms with E-state index in [0.717, 1.165) is 0 Å². The number of carbonyl (C=O) groups excluding carboxylic acids is 1. The Morgan fingerprint density at radius 1 is 1.04 bits per heavy atom. The van der Waals surface area contributed by atoms with E-state index in [1.807, 2.05) is 0 Å². The summed E-state index contributed by atoms with van der Waals surface area (Å²) in [7, 11) is 4.73. The van der Waals surface area contributed by atoms with Crippen molar-refractivity contribution in [1.82, 2.24) is 4.90 Å². The molecular weight excluding hydrogens is 313 g/mol. The van der Waals surface area contributed by atoms with Crippen molar-refractivity contribution in [3.8, 4) is 17.2 Å². The van der Waals surface area contributed by atoms with Crippen LogP contribution in [-0.4, -0.2) is 45.2 Å². The Kier molecular flexibility index (Phi) is 6.01. The van der Waals surface area contributed by atoms with Crippen LogP contribution in [0.15, 0.2) is 42.5 Å². The van der Waals surface area contributed by atoms with Crippen LogP contribution in [0.25, 0.3) is 0 Å². The second kappa shape index (κ2) is 8.19. The molecule has 0 atom stereocenters. The largest absolute Gasteiger partial charge is 0.497 e. The molecule has 0 N–H and O–H groups in total. The Balaban J connectivity index is 1.95. The number of rotatable bonds is 7. The van der Waals surface area contributed by atoms with Crippen molar-refractivity contribution in [3.05, 3.63) is 53.8 Å². The predicted octanol–water partition coefficient (Wildman–Crippen LogP) is 2.99. The molecule has 0 fully saturated rings. The van der Waals surface area contributed by atoms with Crippen molar-refractivity contribution in [2.24, 2.45) is 0 Å². The third-order valence-corrected chi connectivity index (χ3v) is 3.49. The molecule has 5 nitrogen and oxygen atoms in total. The zero-order valence-corrected chi connectivity index (χ0v) is 13.9. The molecule has 6 heteroatoms. The van der Waals surface area contributed by atoms with Crippen LogP contribution in [0.1, 0.15) is 10.4 Å². The smallest absolute Gasteiger partial charge is 0.257 e. The summed E-state index contributed by atoms with van der Waals surface area (Å²) < 4.78 is 28.7. The number of benzene rings is 2. The van der Waals surface area contributed by atoms with Crippen LogP contribution in [-0.2, 0) is 0 Å². The zero-order chi connectivity index (χ0) is 17.5. The highest BCUT2D eigenvalue weighted by atomic mass is 19.1. The van der Waals surface area contributed by atoms with E-state index < -0.39 is 0 Å². The maximum Gasteiger partial charge on any atom is 0.257 e. The molecule has 2 rings (SSSR count). The van der Waals surface area contributed by atoms with Gasteiger partial charge in [0.2, 0.25) is 0 Å². The lowest BCUT2D eigenvalue weighted by molar-refractivity contribution is 0.0770. The summed E-state index contributed by atoms with van der Waals surface area (Å²) in [6.07, 6.45) is 0. The van der Waals surface area contributed by atoms with Gasteiger partial charge in [0.05, 0.1) is 26.3 Å². The molecule has 0 bridgehead atoms. The number of hydrogen-bond donors (Lipinski definition) is 0. The van der Waals surface area contributed by atoms with E-state index in [-0.39, 0.29) is 11.7 Å². The summed E-state index contributed by atoms with van der Waals surface area (Å²) in [5, 5.41) is 0. The number of methoxy groups -OCH3 is 2. The van der Waals surface area contributed by atoms with Gasteiger partial charge >= 0.3 is 0 Å². The minimum Gasteiger partial charge on any atom is -0.497 e. The van der Waals surface area contributed by atoms with Gasteiger partial charge in [0.25, 0.3) is 5.91 Å². The molecule has 0 heterocycles. The summed E-state index contributed by atoms with van der Waals surface area (Å²) >= 11 is 0. The third kappa shape index (κ3) is 4.38. The fraction of sp³-hybridized carbons (Fsp3) is 0.278. The van der Waals surface area contributed by atoms with Crippen LogP contribution in [0, 0.1) is 5.82 Å². The Labute approximate surface area is 140 Å². The van der Waals surface area contributed by atoms with Gasteiger partial charge in [-0.05, 0) is 36.4 Å². The number of ether oxygens (including phenoxy) is 3. The lowest BCUT2D eigenvalue weighted by atomic mass is 10.1. The molecule has 0 aromatic heterocycles. The topological polar surface area (TPSA) is 48.0 Å². The fourth-order valence-electron chi connectivity index (χ4n) is 2.11. The van der Waals surface area contributed by atoms with Crippen LogP contribution in [0.3, 0.4) is 0 Å². The molecule has 0 aliphatic rings. The maximum absolute atomic E-state index is 12.8. The number of nitrogens with zero attached hydrogens (tertiary/aromatic N) is 1. The average molecular weight is 333 g/mol. The number of halogens is 1. The van der Waals surface area contributed by atoms with Gasteiger partial charge in [-0.3, -0.25) is 4.79 Å². The summed E-state index contributed by atoms with van der Waals surface area (Å²) in [6.45, 7) is 0.678. The van der Waals surface area contributed by atoms with E-state index in [2.05, 4.69) is 0 Å². The monoisotopic (exact) mass is 333 g/mol. The highest BCUT2D eigenvalue weighted by Gasteiger charge is 2.17. The van der Waals surface area contributed by atoms with Crippen molar-refractivity contribution < 1.29 is 23.4 Å². The molecule has 0 spiro atoms. The summed E-state index contributed by atoms with van der Waals surface area (Å²) in [6, 6.07) is 10.8. The van der Waals surface area contributed by atoms with Gasteiger partial charge < -0.3 is 19.1 Å². The lowest BCUT2D eigenvalue weighted by Crippen LogP contribution is -2.31. The molecule has 2 aromatic carbocycles. The van der Waals surface area contributed by atoms with Crippen LogP contribution < -0.4 is 14.2 Å². The first-order chi connectivity index (χ1) is 11.5. The number of hydrogen-bond acceptors (Lipinski definition) is 4. The first-order valence-corrected chi connectivity index (χ1v) is 7.41. The number of carbonyl (C=O) groups is 1. The molecule has 0 radical (unpaired) electrons. The second-order valence-corrected chi connectivity index (χ2v) is 5.10. The van der Waals surface area contributed by atoms with Gasteiger partial charge in [-0.2, -0.15) is 0 Å². The molecule has 1 amide bonds. The molecular formula is C18H20FNO4. The molecule has 0 unspecified atom stereocenters. The standard InChI is InChI=1S/C18H20FNO4/c1-20(10-11-24-14-6-4-13(19)5-7-14)18(21)16-9-8-15(22-2)12-17(16)23-3/h4-9,12H,10-11H2,1-3H3. The van der Waals surface area contributed by atoms with Gasteiger partial charge in [0, 0.05) is 13.1 Å². The number of likely N-dealkylation sites (N-methyl/N-ethyl adjacent to an activating group) is 1. The molecule has 0 aliphatic heterocycles. The third-order valence-electron chi connectivity index (χ3n) is 3.49. The number of amides is 1. The molecule has 2 aromatic rings. The van der Waals surface area contributed by atoms with Crippen LogP contribution in [0.5, 0.6) is 17.2 Å². The Morgan fingerprint density at radius 3 is 2.33 bits per heavy atom. The average Bonchev–Trinajstić information content (AvgIpc) is 2.62.